The Labute approximate surface area is 95.7 Å². The van der Waals surface area contributed by atoms with Gasteiger partial charge in [0.1, 0.15) is 0 Å². The number of fused-ring (bicyclic) bond motifs is 1. The Kier molecular flexibility index (Phi) is 2.73. The van der Waals surface area contributed by atoms with Gasteiger partial charge in [0.05, 0.1) is 6.42 Å². The Hall–Kier alpha value is -1.35. The van der Waals surface area contributed by atoms with E-state index in [0.717, 1.165) is 20.8 Å². The Morgan fingerprint density at radius 2 is 1.80 bits per heavy atom. The van der Waals surface area contributed by atoms with E-state index in [9.17, 15) is 4.79 Å². The minimum absolute atomic E-state index is 0.0633. The largest absolute Gasteiger partial charge is 0.481 e. The van der Waals surface area contributed by atoms with Crippen LogP contribution in [0.15, 0.2) is 40.9 Å². The van der Waals surface area contributed by atoms with Gasteiger partial charge in [-0.15, -0.1) is 0 Å². The average molecular weight is 265 g/mol. The van der Waals surface area contributed by atoms with Crippen LogP contribution in [0, 0.1) is 0 Å². The molecule has 2 aromatic carbocycles. The quantitative estimate of drug-likeness (QED) is 0.905. The van der Waals surface area contributed by atoms with Crippen molar-refractivity contribution in [1.29, 1.82) is 0 Å². The Morgan fingerprint density at radius 1 is 1.13 bits per heavy atom. The van der Waals surface area contributed by atoms with Gasteiger partial charge in [-0.2, -0.15) is 0 Å². The maximum Gasteiger partial charge on any atom is 0.307 e. The molecule has 0 atom stereocenters. The molecule has 2 rings (SSSR count). The molecule has 0 bridgehead atoms. The number of carbonyl (C=O) groups is 1. The van der Waals surface area contributed by atoms with Gasteiger partial charge in [-0.3, -0.25) is 4.79 Å². The second kappa shape index (κ2) is 4.03. The maximum absolute atomic E-state index is 10.7. The third kappa shape index (κ3) is 2.02. The molecule has 0 amide bonds. The van der Waals surface area contributed by atoms with E-state index < -0.39 is 5.97 Å². The first kappa shape index (κ1) is 10.2. The fourth-order valence-electron chi connectivity index (χ4n) is 1.65. The summed E-state index contributed by atoms with van der Waals surface area (Å²) in [6.07, 6.45) is 0.0633. The minimum Gasteiger partial charge on any atom is -0.481 e. The van der Waals surface area contributed by atoms with Crippen molar-refractivity contribution in [1.82, 2.24) is 0 Å². The minimum atomic E-state index is -0.803. The highest BCUT2D eigenvalue weighted by Gasteiger charge is 2.06. The lowest BCUT2D eigenvalue weighted by atomic mass is 10.0. The van der Waals surface area contributed by atoms with Crippen molar-refractivity contribution in [3.63, 3.8) is 0 Å². The Balaban J connectivity index is 2.65. The average Bonchev–Trinajstić information content (AvgIpc) is 2.19. The fraction of sp³-hybridized carbons (Fsp3) is 0.0833. The van der Waals surface area contributed by atoms with E-state index in [1.165, 1.54) is 0 Å². The van der Waals surface area contributed by atoms with Gasteiger partial charge in [0.25, 0.3) is 0 Å². The summed E-state index contributed by atoms with van der Waals surface area (Å²) in [6, 6.07) is 11.5. The lowest BCUT2D eigenvalue weighted by Crippen LogP contribution is -2.00. The molecule has 1 N–H and O–H groups in total. The van der Waals surface area contributed by atoms with Gasteiger partial charge in [-0.25, -0.2) is 0 Å². The monoisotopic (exact) mass is 264 g/mol. The van der Waals surface area contributed by atoms with Crippen molar-refractivity contribution >= 4 is 32.7 Å². The van der Waals surface area contributed by atoms with Gasteiger partial charge in [-0.05, 0) is 22.4 Å². The molecule has 0 radical (unpaired) electrons. The Morgan fingerprint density at radius 3 is 2.53 bits per heavy atom. The summed E-state index contributed by atoms with van der Waals surface area (Å²) in [6.45, 7) is 0. The maximum atomic E-state index is 10.7. The standard InChI is InChI=1S/C12H9BrO2/c13-11-6-2-4-9-8(7-12(14)15)3-1-5-10(9)11/h1-6H,7H2,(H,14,15). The van der Waals surface area contributed by atoms with Gasteiger partial charge in [0, 0.05) is 4.47 Å². The van der Waals surface area contributed by atoms with Crippen molar-refractivity contribution < 1.29 is 9.90 Å². The number of benzene rings is 2. The summed E-state index contributed by atoms with van der Waals surface area (Å²) in [5.74, 6) is -0.803. The lowest BCUT2D eigenvalue weighted by molar-refractivity contribution is -0.136. The number of hydrogen-bond donors (Lipinski definition) is 1. The summed E-state index contributed by atoms with van der Waals surface area (Å²) >= 11 is 3.45. The summed E-state index contributed by atoms with van der Waals surface area (Å²) in [5, 5.41) is 10.8. The van der Waals surface area contributed by atoms with Crippen LogP contribution in [-0.4, -0.2) is 11.1 Å². The van der Waals surface area contributed by atoms with Crippen LogP contribution in [0.2, 0.25) is 0 Å². The number of halogens is 1. The van der Waals surface area contributed by atoms with Crippen LogP contribution >= 0.6 is 15.9 Å². The number of hydrogen-bond acceptors (Lipinski definition) is 1. The first-order valence-electron chi connectivity index (χ1n) is 4.56. The first-order valence-corrected chi connectivity index (χ1v) is 5.35. The molecule has 0 spiro atoms. The molecular weight excluding hydrogens is 256 g/mol. The third-order valence-corrected chi connectivity index (χ3v) is 2.99. The number of aliphatic carboxylic acids is 1. The van der Waals surface area contributed by atoms with Gasteiger partial charge < -0.3 is 5.11 Å². The number of carboxylic acid groups (broad SMARTS) is 1. The highest BCUT2D eigenvalue weighted by atomic mass is 79.9. The van der Waals surface area contributed by atoms with Crippen molar-refractivity contribution in [2.75, 3.05) is 0 Å². The molecule has 0 saturated carbocycles. The van der Waals surface area contributed by atoms with E-state index in [1.807, 2.05) is 36.4 Å². The van der Waals surface area contributed by atoms with E-state index in [4.69, 9.17) is 5.11 Å². The molecule has 15 heavy (non-hydrogen) atoms. The Bertz CT molecular complexity index is 520. The predicted molar refractivity (Wildman–Crippen MR) is 63.0 cm³/mol. The zero-order chi connectivity index (χ0) is 10.8. The zero-order valence-electron chi connectivity index (χ0n) is 7.90. The predicted octanol–water partition coefficient (Wildman–Crippen LogP) is 3.23. The summed E-state index contributed by atoms with van der Waals surface area (Å²) in [5.41, 5.74) is 0.848. The molecule has 2 nitrogen and oxygen atoms in total. The van der Waals surface area contributed by atoms with Crippen LogP contribution in [0.3, 0.4) is 0 Å². The van der Waals surface area contributed by atoms with Crippen LogP contribution in [-0.2, 0) is 11.2 Å². The van der Waals surface area contributed by atoms with Crippen molar-refractivity contribution in [2.24, 2.45) is 0 Å². The first-order chi connectivity index (χ1) is 7.18. The van der Waals surface area contributed by atoms with Crippen LogP contribution in [0.5, 0.6) is 0 Å². The van der Waals surface area contributed by atoms with Crippen molar-refractivity contribution in [3.8, 4) is 0 Å². The van der Waals surface area contributed by atoms with Gasteiger partial charge in [0.15, 0.2) is 0 Å². The molecule has 0 heterocycles. The van der Waals surface area contributed by atoms with E-state index in [0.29, 0.717) is 0 Å². The van der Waals surface area contributed by atoms with Gasteiger partial charge >= 0.3 is 5.97 Å². The van der Waals surface area contributed by atoms with Crippen LogP contribution in [0.25, 0.3) is 10.8 Å². The van der Waals surface area contributed by atoms with Crippen LogP contribution in [0.4, 0.5) is 0 Å². The van der Waals surface area contributed by atoms with Crippen molar-refractivity contribution in [2.45, 2.75) is 6.42 Å². The van der Waals surface area contributed by atoms with Crippen molar-refractivity contribution in [3.05, 3.63) is 46.4 Å². The SMILES string of the molecule is O=C(O)Cc1cccc2c(Br)cccc12. The highest BCUT2D eigenvalue weighted by molar-refractivity contribution is 9.10. The summed E-state index contributed by atoms with van der Waals surface area (Å²) in [7, 11) is 0. The lowest BCUT2D eigenvalue weighted by Gasteiger charge is -2.05. The molecule has 0 saturated heterocycles. The van der Waals surface area contributed by atoms with E-state index in [2.05, 4.69) is 15.9 Å². The molecule has 3 heteroatoms. The summed E-state index contributed by atoms with van der Waals surface area (Å²) in [4.78, 5) is 10.7. The van der Waals surface area contributed by atoms with Gasteiger partial charge in [-0.1, -0.05) is 46.3 Å². The second-order valence-electron chi connectivity index (χ2n) is 3.32. The molecule has 0 aromatic heterocycles. The molecular formula is C12H9BrO2. The number of rotatable bonds is 2. The second-order valence-corrected chi connectivity index (χ2v) is 4.18. The molecule has 76 valence electrons. The van der Waals surface area contributed by atoms with E-state index in [-0.39, 0.29) is 6.42 Å². The molecule has 0 aliphatic carbocycles. The number of carboxylic acids is 1. The van der Waals surface area contributed by atoms with E-state index >= 15 is 0 Å². The normalized spacial score (nSPS) is 10.5. The van der Waals surface area contributed by atoms with Crippen LogP contribution in [0.1, 0.15) is 5.56 Å². The fourth-order valence-corrected chi connectivity index (χ4v) is 2.15. The molecule has 0 aliphatic heterocycles. The highest BCUT2D eigenvalue weighted by Crippen LogP contribution is 2.26. The zero-order valence-corrected chi connectivity index (χ0v) is 9.49. The molecule has 2 aromatic rings. The van der Waals surface area contributed by atoms with E-state index in [1.54, 1.807) is 0 Å². The molecule has 0 aliphatic rings. The smallest absolute Gasteiger partial charge is 0.307 e. The van der Waals surface area contributed by atoms with Crippen LogP contribution < -0.4 is 0 Å². The molecule has 0 fully saturated rings. The summed E-state index contributed by atoms with van der Waals surface area (Å²) < 4.78 is 0.993. The third-order valence-electron chi connectivity index (χ3n) is 2.30. The van der Waals surface area contributed by atoms with Gasteiger partial charge in [0.2, 0.25) is 0 Å². The molecule has 0 unspecified atom stereocenters. The topological polar surface area (TPSA) is 37.3 Å².